The fraction of sp³-hybridized carbons (Fsp3) is 0.619. The van der Waals surface area contributed by atoms with Gasteiger partial charge in [0.05, 0.1) is 12.0 Å². The molecule has 2 saturated heterocycles. The van der Waals surface area contributed by atoms with Crippen molar-refractivity contribution >= 4 is 11.8 Å². The number of hydrogen-bond donors (Lipinski definition) is 2. The summed E-state index contributed by atoms with van der Waals surface area (Å²) in [6.07, 6.45) is 2.26. The summed E-state index contributed by atoms with van der Waals surface area (Å²) in [6, 6.07) is 5.61. The number of nitrogens with one attached hydrogen (secondary N) is 2. The number of ether oxygens (including phenoxy) is 1. The molecule has 0 aromatic heterocycles. The van der Waals surface area contributed by atoms with E-state index in [4.69, 9.17) is 4.74 Å². The van der Waals surface area contributed by atoms with Gasteiger partial charge in [0.15, 0.2) is 0 Å². The second kappa shape index (κ2) is 10.0. The smallest absolute Gasteiger partial charge is 0.241 e. The highest BCUT2D eigenvalue weighted by atomic mass is 19.1. The van der Waals surface area contributed by atoms with Crippen molar-refractivity contribution in [1.82, 2.24) is 20.7 Å². The van der Waals surface area contributed by atoms with Crippen molar-refractivity contribution in [2.24, 2.45) is 5.92 Å². The molecule has 3 rings (SSSR count). The molecule has 0 aliphatic carbocycles. The van der Waals surface area contributed by atoms with Crippen molar-refractivity contribution in [3.63, 3.8) is 0 Å². The number of hydrazine groups is 1. The first kappa shape index (κ1) is 21.5. The SMILES string of the molecule is CCN(CC)C(=O)C1CCCN(C(=O)C2CC(COc3cccc(F)c3)NN2)C1. The Balaban J connectivity index is 1.49. The second-order valence-corrected chi connectivity index (χ2v) is 7.68. The highest BCUT2D eigenvalue weighted by molar-refractivity contribution is 5.84. The Morgan fingerprint density at radius 2 is 2.07 bits per heavy atom. The molecular formula is C21H31FN4O3. The van der Waals surface area contributed by atoms with Crippen molar-refractivity contribution in [2.45, 2.75) is 45.2 Å². The third kappa shape index (κ3) is 5.45. The van der Waals surface area contributed by atoms with Crippen molar-refractivity contribution < 1.29 is 18.7 Å². The Morgan fingerprint density at radius 3 is 2.79 bits per heavy atom. The summed E-state index contributed by atoms with van der Waals surface area (Å²) in [5, 5.41) is 0. The predicted octanol–water partition coefficient (Wildman–Crippen LogP) is 1.55. The molecule has 0 bridgehead atoms. The van der Waals surface area contributed by atoms with E-state index in [0.717, 1.165) is 12.8 Å². The maximum atomic E-state index is 13.2. The average Bonchev–Trinajstić information content (AvgIpc) is 3.22. The molecule has 2 aliphatic heterocycles. The molecule has 2 aliphatic rings. The summed E-state index contributed by atoms with van der Waals surface area (Å²) in [4.78, 5) is 29.3. The number of amides is 2. The van der Waals surface area contributed by atoms with Crippen LogP contribution in [0.5, 0.6) is 5.75 Å². The van der Waals surface area contributed by atoms with Crippen LogP contribution in [0.4, 0.5) is 4.39 Å². The lowest BCUT2D eigenvalue weighted by Crippen LogP contribution is -2.51. The predicted molar refractivity (Wildman–Crippen MR) is 108 cm³/mol. The van der Waals surface area contributed by atoms with Crippen LogP contribution >= 0.6 is 0 Å². The third-order valence-electron chi connectivity index (χ3n) is 5.68. The van der Waals surface area contributed by atoms with Gasteiger partial charge in [0.2, 0.25) is 11.8 Å². The van der Waals surface area contributed by atoms with Crippen molar-refractivity contribution in [3.8, 4) is 5.75 Å². The first-order valence-corrected chi connectivity index (χ1v) is 10.5. The van der Waals surface area contributed by atoms with E-state index in [-0.39, 0.29) is 35.6 Å². The zero-order chi connectivity index (χ0) is 20.8. The number of halogens is 1. The molecule has 7 nitrogen and oxygen atoms in total. The van der Waals surface area contributed by atoms with Crippen LogP contribution in [0.15, 0.2) is 24.3 Å². The standard InChI is InChI=1S/C21H31FN4O3/c1-3-25(4-2)20(27)15-7-6-10-26(13-15)21(28)19-12-17(23-24-19)14-29-18-9-5-8-16(22)11-18/h5,8-9,11,15,17,19,23-24H,3-4,6-7,10,12-14H2,1-2H3. The number of piperidine rings is 1. The molecule has 8 heteroatoms. The molecule has 3 unspecified atom stereocenters. The molecule has 2 heterocycles. The van der Waals surface area contributed by atoms with E-state index in [0.29, 0.717) is 45.0 Å². The van der Waals surface area contributed by atoms with Crippen LogP contribution in [-0.4, -0.2) is 66.5 Å². The van der Waals surface area contributed by atoms with Gasteiger partial charge >= 0.3 is 0 Å². The highest BCUT2D eigenvalue weighted by Gasteiger charge is 2.36. The van der Waals surface area contributed by atoms with Gasteiger partial charge in [0, 0.05) is 32.2 Å². The van der Waals surface area contributed by atoms with Crippen LogP contribution in [0.3, 0.4) is 0 Å². The van der Waals surface area contributed by atoms with E-state index in [1.807, 2.05) is 23.6 Å². The second-order valence-electron chi connectivity index (χ2n) is 7.68. The number of carbonyl (C=O) groups is 2. The van der Waals surface area contributed by atoms with Gasteiger partial charge in [-0.2, -0.15) is 0 Å². The molecule has 2 amide bonds. The lowest BCUT2D eigenvalue weighted by Gasteiger charge is -2.35. The van der Waals surface area contributed by atoms with Gasteiger partial charge in [0.1, 0.15) is 24.2 Å². The first-order valence-electron chi connectivity index (χ1n) is 10.5. The Labute approximate surface area is 171 Å². The minimum atomic E-state index is -0.349. The minimum absolute atomic E-state index is 0.0165. The summed E-state index contributed by atoms with van der Waals surface area (Å²) in [5.74, 6) is 0.172. The van der Waals surface area contributed by atoms with Crippen molar-refractivity contribution in [3.05, 3.63) is 30.1 Å². The maximum absolute atomic E-state index is 13.2. The quantitative estimate of drug-likeness (QED) is 0.719. The summed E-state index contributed by atoms with van der Waals surface area (Å²) in [7, 11) is 0. The fourth-order valence-corrected chi connectivity index (χ4v) is 4.04. The molecule has 3 atom stereocenters. The molecule has 0 spiro atoms. The van der Waals surface area contributed by atoms with Gasteiger partial charge in [-0.1, -0.05) is 6.07 Å². The lowest BCUT2D eigenvalue weighted by atomic mass is 9.95. The summed E-state index contributed by atoms with van der Waals surface area (Å²) in [6.45, 7) is 6.85. The molecule has 2 N–H and O–H groups in total. The van der Waals surface area contributed by atoms with Gasteiger partial charge in [-0.05, 0) is 45.2 Å². The topological polar surface area (TPSA) is 73.9 Å². The zero-order valence-corrected chi connectivity index (χ0v) is 17.2. The number of hydrogen-bond acceptors (Lipinski definition) is 5. The largest absolute Gasteiger partial charge is 0.492 e. The summed E-state index contributed by atoms with van der Waals surface area (Å²) < 4.78 is 18.9. The minimum Gasteiger partial charge on any atom is -0.492 e. The van der Waals surface area contributed by atoms with Crippen molar-refractivity contribution in [2.75, 3.05) is 32.8 Å². The molecule has 0 radical (unpaired) electrons. The van der Waals surface area contributed by atoms with E-state index in [1.165, 1.54) is 12.1 Å². The fourth-order valence-electron chi connectivity index (χ4n) is 4.04. The molecule has 1 aromatic rings. The molecule has 2 fully saturated rings. The number of benzene rings is 1. The number of rotatable bonds is 7. The normalized spacial score (nSPS) is 24.4. The van der Waals surface area contributed by atoms with Gasteiger partial charge < -0.3 is 14.5 Å². The number of nitrogens with zero attached hydrogens (tertiary/aromatic N) is 2. The Morgan fingerprint density at radius 1 is 1.28 bits per heavy atom. The van der Waals surface area contributed by atoms with Crippen LogP contribution in [0, 0.1) is 11.7 Å². The van der Waals surface area contributed by atoms with E-state index >= 15 is 0 Å². The van der Waals surface area contributed by atoms with E-state index in [1.54, 1.807) is 12.1 Å². The average molecular weight is 407 g/mol. The Bertz CT molecular complexity index is 713. The van der Waals surface area contributed by atoms with Gasteiger partial charge in [-0.25, -0.2) is 9.82 Å². The van der Waals surface area contributed by atoms with Crippen LogP contribution in [-0.2, 0) is 9.59 Å². The van der Waals surface area contributed by atoms with Gasteiger partial charge in [-0.3, -0.25) is 15.0 Å². The Hall–Kier alpha value is -2.19. The van der Waals surface area contributed by atoms with E-state index in [9.17, 15) is 14.0 Å². The molecule has 0 saturated carbocycles. The zero-order valence-electron chi connectivity index (χ0n) is 17.2. The summed E-state index contributed by atoms with van der Waals surface area (Å²) in [5.41, 5.74) is 6.14. The number of carbonyl (C=O) groups excluding carboxylic acids is 2. The van der Waals surface area contributed by atoms with E-state index in [2.05, 4.69) is 10.9 Å². The van der Waals surface area contributed by atoms with Crippen LogP contribution < -0.4 is 15.6 Å². The van der Waals surface area contributed by atoms with E-state index < -0.39 is 0 Å². The molecular weight excluding hydrogens is 375 g/mol. The third-order valence-corrected chi connectivity index (χ3v) is 5.68. The lowest BCUT2D eigenvalue weighted by molar-refractivity contribution is -0.141. The summed E-state index contributed by atoms with van der Waals surface area (Å²) >= 11 is 0. The van der Waals surface area contributed by atoms with Gasteiger partial charge in [-0.15, -0.1) is 0 Å². The van der Waals surface area contributed by atoms with Crippen LogP contribution in [0.25, 0.3) is 0 Å². The van der Waals surface area contributed by atoms with Crippen LogP contribution in [0.1, 0.15) is 33.1 Å². The van der Waals surface area contributed by atoms with Gasteiger partial charge in [0.25, 0.3) is 0 Å². The van der Waals surface area contributed by atoms with Crippen molar-refractivity contribution in [1.29, 1.82) is 0 Å². The van der Waals surface area contributed by atoms with Crippen LogP contribution in [0.2, 0.25) is 0 Å². The first-order chi connectivity index (χ1) is 14.0. The Kier molecular flexibility index (Phi) is 7.44. The molecule has 1 aromatic carbocycles. The maximum Gasteiger partial charge on any atom is 0.241 e. The molecule has 29 heavy (non-hydrogen) atoms. The highest BCUT2D eigenvalue weighted by Crippen LogP contribution is 2.21. The monoisotopic (exact) mass is 406 g/mol. The number of likely N-dealkylation sites (tertiary alicyclic amines) is 1. The molecule has 160 valence electrons.